The Bertz CT molecular complexity index is 806. The lowest BCUT2D eigenvalue weighted by Gasteiger charge is -2.14. The summed E-state index contributed by atoms with van der Waals surface area (Å²) in [5.74, 6) is 2.52. The summed E-state index contributed by atoms with van der Waals surface area (Å²) in [7, 11) is 1.57. The number of benzene rings is 2. The van der Waals surface area contributed by atoms with E-state index in [1.54, 1.807) is 19.2 Å². The molecular weight excluding hydrogens is 370 g/mol. The molecule has 0 saturated carbocycles. The van der Waals surface area contributed by atoms with Gasteiger partial charge in [0.2, 0.25) is 0 Å². The molecule has 156 valence electrons. The third-order valence-corrected chi connectivity index (χ3v) is 4.47. The number of carbonyl (C=O) groups is 1. The van der Waals surface area contributed by atoms with Crippen molar-refractivity contribution in [1.82, 2.24) is 5.43 Å². The highest BCUT2D eigenvalue weighted by Crippen LogP contribution is 2.30. The van der Waals surface area contributed by atoms with Crippen molar-refractivity contribution in [3.63, 3.8) is 0 Å². The summed E-state index contributed by atoms with van der Waals surface area (Å²) >= 11 is 0. The maximum absolute atomic E-state index is 10.8. The molecule has 0 heterocycles. The van der Waals surface area contributed by atoms with E-state index in [0.717, 1.165) is 12.2 Å². The third-order valence-electron chi connectivity index (χ3n) is 4.47. The van der Waals surface area contributed by atoms with Crippen LogP contribution in [-0.2, 0) is 0 Å². The van der Waals surface area contributed by atoms with Crippen LogP contribution in [0.2, 0.25) is 0 Å². The number of methoxy groups -OCH3 is 1. The van der Waals surface area contributed by atoms with E-state index in [-0.39, 0.29) is 0 Å². The number of amides is 2. The summed E-state index contributed by atoms with van der Waals surface area (Å²) in [4.78, 5) is 10.8. The molecule has 2 aromatic rings. The van der Waals surface area contributed by atoms with Gasteiger partial charge in [-0.25, -0.2) is 10.2 Å². The zero-order valence-electron chi connectivity index (χ0n) is 17.2. The Hall–Kier alpha value is -3.22. The van der Waals surface area contributed by atoms with Crippen molar-refractivity contribution >= 4 is 12.2 Å². The number of nitrogens with two attached hydrogens (primary N) is 1. The first-order chi connectivity index (χ1) is 14.0. The minimum atomic E-state index is -0.735. The first kappa shape index (κ1) is 22.1. The smallest absolute Gasteiger partial charge is 0.332 e. The van der Waals surface area contributed by atoms with Crippen LogP contribution in [0.4, 0.5) is 4.79 Å². The molecule has 0 bridgehead atoms. The summed E-state index contributed by atoms with van der Waals surface area (Å²) in [6, 6.07) is 12.9. The van der Waals surface area contributed by atoms with Gasteiger partial charge in [-0.3, -0.25) is 0 Å². The second-order valence-electron chi connectivity index (χ2n) is 6.54. The van der Waals surface area contributed by atoms with Gasteiger partial charge in [-0.15, -0.1) is 0 Å². The number of primary amides is 1. The van der Waals surface area contributed by atoms with Gasteiger partial charge in [-0.2, -0.15) is 5.10 Å². The Morgan fingerprint density at radius 2 is 1.90 bits per heavy atom. The Kier molecular flexibility index (Phi) is 8.82. The van der Waals surface area contributed by atoms with E-state index in [1.807, 2.05) is 18.2 Å². The number of nitrogens with one attached hydrogen (secondary N) is 1. The summed E-state index contributed by atoms with van der Waals surface area (Å²) in [5.41, 5.74) is 9.15. The van der Waals surface area contributed by atoms with Crippen molar-refractivity contribution in [3.8, 4) is 17.2 Å². The molecule has 2 rings (SSSR count). The van der Waals surface area contributed by atoms with E-state index in [1.165, 1.54) is 11.8 Å². The number of hydrogen-bond acceptors (Lipinski definition) is 5. The molecule has 0 unspecified atom stereocenters. The molecular formula is C22H29N3O4. The average Bonchev–Trinajstić information content (AvgIpc) is 2.73. The van der Waals surface area contributed by atoms with Crippen LogP contribution in [0.3, 0.4) is 0 Å². The highest BCUT2D eigenvalue weighted by molar-refractivity contribution is 5.86. The fourth-order valence-electron chi connectivity index (χ4n) is 2.67. The molecule has 1 atom stereocenters. The molecule has 0 spiro atoms. The van der Waals surface area contributed by atoms with Gasteiger partial charge in [-0.05, 0) is 42.2 Å². The van der Waals surface area contributed by atoms with Crippen LogP contribution in [0.25, 0.3) is 0 Å². The van der Waals surface area contributed by atoms with E-state index >= 15 is 0 Å². The van der Waals surface area contributed by atoms with Gasteiger partial charge in [0.05, 0.1) is 26.5 Å². The summed E-state index contributed by atoms with van der Waals surface area (Å²) in [5, 5.41) is 3.78. The third kappa shape index (κ3) is 7.03. The van der Waals surface area contributed by atoms with Crippen molar-refractivity contribution < 1.29 is 19.0 Å². The van der Waals surface area contributed by atoms with Crippen LogP contribution in [0, 0.1) is 0 Å². The SMILES string of the molecule is CC[C@H](C)c1ccc(OCCCOc2c(/C=N\NC(N)=O)cccc2OC)cc1. The van der Waals surface area contributed by atoms with Crippen molar-refractivity contribution in [2.45, 2.75) is 32.6 Å². The molecule has 0 aliphatic rings. The molecule has 0 aliphatic heterocycles. The monoisotopic (exact) mass is 399 g/mol. The maximum atomic E-state index is 10.8. The van der Waals surface area contributed by atoms with Gasteiger partial charge in [-0.1, -0.05) is 32.0 Å². The van der Waals surface area contributed by atoms with Crippen LogP contribution >= 0.6 is 0 Å². The zero-order chi connectivity index (χ0) is 21.1. The summed E-state index contributed by atoms with van der Waals surface area (Å²) < 4.78 is 17.0. The molecule has 7 heteroatoms. The van der Waals surface area contributed by atoms with Gasteiger partial charge in [0, 0.05) is 12.0 Å². The fraction of sp³-hybridized carbons (Fsp3) is 0.364. The van der Waals surface area contributed by atoms with Crippen LogP contribution < -0.4 is 25.4 Å². The molecule has 0 aliphatic carbocycles. The molecule has 0 aromatic heterocycles. The number of ether oxygens (including phenoxy) is 3. The number of rotatable bonds is 11. The number of urea groups is 1. The van der Waals surface area contributed by atoms with Gasteiger partial charge >= 0.3 is 6.03 Å². The Balaban J connectivity index is 1.86. The van der Waals surface area contributed by atoms with Crippen LogP contribution in [-0.4, -0.2) is 32.6 Å². The molecule has 0 radical (unpaired) electrons. The normalized spacial score (nSPS) is 11.8. The van der Waals surface area contributed by atoms with E-state index < -0.39 is 6.03 Å². The standard InChI is InChI=1S/C22H29N3O4/c1-4-16(2)17-9-11-19(12-10-17)28-13-6-14-29-21-18(15-24-25-22(23)26)7-5-8-20(21)27-3/h5,7-12,15-16H,4,6,13-14H2,1-3H3,(H3,23,25,26)/b24-15-/t16-/m0/s1. The van der Waals surface area contributed by atoms with E-state index in [4.69, 9.17) is 19.9 Å². The number of nitrogens with zero attached hydrogens (tertiary/aromatic N) is 1. The number of hydrazone groups is 1. The molecule has 2 aromatic carbocycles. The molecule has 7 nitrogen and oxygen atoms in total. The first-order valence-corrected chi connectivity index (χ1v) is 9.66. The minimum absolute atomic E-state index is 0.440. The molecule has 3 N–H and O–H groups in total. The minimum Gasteiger partial charge on any atom is -0.493 e. The van der Waals surface area contributed by atoms with Gasteiger partial charge in [0.25, 0.3) is 0 Å². The maximum Gasteiger partial charge on any atom is 0.332 e. The second-order valence-corrected chi connectivity index (χ2v) is 6.54. The molecule has 0 saturated heterocycles. The van der Waals surface area contributed by atoms with Crippen molar-refractivity contribution in [1.29, 1.82) is 0 Å². The quantitative estimate of drug-likeness (QED) is 0.338. The molecule has 29 heavy (non-hydrogen) atoms. The highest BCUT2D eigenvalue weighted by atomic mass is 16.5. The molecule has 2 amide bonds. The predicted molar refractivity (Wildman–Crippen MR) is 114 cm³/mol. The Morgan fingerprint density at radius 1 is 1.17 bits per heavy atom. The van der Waals surface area contributed by atoms with Crippen LogP contribution in [0.15, 0.2) is 47.6 Å². The van der Waals surface area contributed by atoms with Gasteiger partial charge in [0.1, 0.15) is 5.75 Å². The Labute approximate surface area is 171 Å². The lowest BCUT2D eigenvalue weighted by atomic mass is 9.99. The van der Waals surface area contributed by atoms with E-state index in [0.29, 0.717) is 42.6 Å². The average molecular weight is 399 g/mol. The van der Waals surface area contributed by atoms with Crippen molar-refractivity contribution in [2.75, 3.05) is 20.3 Å². The predicted octanol–water partition coefficient (Wildman–Crippen LogP) is 4.06. The number of carbonyl (C=O) groups excluding carboxylic acids is 1. The van der Waals surface area contributed by atoms with Crippen molar-refractivity contribution in [3.05, 3.63) is 53.6 Å². The summed E-state index contributed by atoms with van der Waals surface area (Å²) in [6.45, 7) is 5.37. The highest BCUT2D eigenvalue weighted by Gasteiger charge is 2.09. The largest absolute Gasteiger partial charge is 0.493 e. The van der Waals surface area contributed by atoms with Gasteiger partial charge in [0.15, 0.2) is 11.5 Å². The van der Waals surface area contributed by atoms with Crippen molar-refractivity contribution in [2.24, 2.45) is 10.8 Å². The second kappa shape index (κ2) is 11.6. The van der Waals surface area contributed by atoms with Gasteiger partial charge < -0.3 is 19.9 Å². The Morgan fingerprint density at radius 3 is 2.55 bits per heavy atom. The van der Waals surface area contributed by atoms with Crippen LogP contribution in [0.1, 0.15) is 43.7 Å². The summed E-state index contributed by atoms with van der Waals surface area (Å²) in [6.07, 6.45) is 3.27. The number of para-hydroxylation sites is 1. The van der Waals surface area contributed by atoms with E-state index in [2.05, 4.69) is 36.5 Å². The van der Waals surface area contributed by atoms with Crippen LogP contribution in [0.5, 0.6) is 17.2 Å². The molecule has 0 fully saturated rings. The number of hydrogen-bond donors (Lipinski definition) is 2. The first-order valence-electron chi connectivity index (χ1n) is 9.66. The van der Waals surface area contributed by atoms with E-state index in [9.17, 15) is 4.79 Å². The topological polar surface area (TPSA) is 95.2 Å². The zero-order valence-corrected chi connectivity index (χ0v) is 17.2. The fourth-order valence-corrected chi connectivity index (χ4v) is 2.67. The lowest BCUT2D eigenvalue weighted by Crippen LogP contribution is -2.24. The lowest BCUT2D eigenvalue weighted by molar-refractivity contribution is 0.240.